The third kappa shape index (κ3) is 4.31. The number of benzene rings is 2. The number of carbonyl (C=O) groups excluding carboxylic acids is 1. The summed E-state index contributed by atoms with van der Waals surface area (Å²) in [7, 11) is 0. The Morgan fingerprint density at radius 3 is 2.45 bits per heavy atom. The molecule has 0 aromatic heterocycles. The monoisotopic (exact) mass is 319 g/mol. The molecule has 0 unspecified atom stereocenters. The molecule has 0 aliphatic heterocycles. The van der Waals surface area contributed by atoms with Crippen LogP contribution in [0.3, 0.4) is 0 Å². The SMILES string of the molecule is CC(C)C[C@@H](NC(=O)c1ccc(Cl)cc1F)c1ccccc1. The number of hydrogen-bond acceptors (Lipinski definition) is 1. The average molecular weight is 320 g/mol. The van der Waals surface area contributed by atoms with E-state index in [9.17, 15) is 9.18 Å². The molecule has 2 aromatic carbocycles. The third-order valence-electron chi connectivity index (χ3n) is 3.39. The zero-order valence-electron chi connectivity index (χ0n) is 12.6. The van der Waals surface area contributed by atoms with Crippen LogP contribution in [0.2, 0.25) is 5.02 Å². The molecule has 1 N–H and O–H groups in total. The van der Waals surface area contributed by atoms with Crippen molar-refractivity contribution in [2.45, 2.75) is 26.3 Å². The van der Waals surface area contributed by atoms with Gasteiger partial charge in [0.1, 0.15) is 5.82 Å². The van der Waals surface area contributed by atoms with Crippen molar-refractivity contribution in [1.82, 2.24) is 5.32 Å². The molecule has 0 radical (unpaired) electrons. The largest absolute Gasteiger partial charge is 0.345 e. The standard InChI is InChI=1S/C18H19ClFNO/c1-12(2)10-17(13-6-4-3-5-7-13)21-18(22)15-9-8-14(19)11-16(15)20/h3-9,11-12,17H,10H2,1-2H3,(H,21,22)/t17-/m1/s1. The number of nitrogens with one attached hydrogen (secondary N) is 1. The lowest BCUT2D eigenvalue weighted by molar-refractivity contribution is 0.0928. The van der Waals surface area contributed by atoms with Gasteiger partial charge in [-0.2, -0.15) is 0 Å². The summed E-state index contributed by atoms with van der Waals surface area (Å²) in [6.07, 6.45) is 0.783. The summed E-state index contributed by atoms with van der Waals surface area (Å²) in [4.78, 5) is 12.3. The fourth-order valence-corrected chi connectivity index (χ4v) is 2.50. The first kappa shape index (κ1) is 16.5. The van der Waals surface area contributed by atoms with Crippen LogP contribution >= 0.6 is 11.6 Å². The maximum absolute atomic E-state index is 13.9. The summed E-state index contributed by atoms with van der Waals surface area (Å²) in [5.74, 6) is -0.634. The van der Waals surface area contributed by atoms with Gasteiger partial charge in [-0.25, -0.2) is 4.39 Å². The third-order valence-corrected chi connectivity index (χ3v) is 3.63. The van der Waals surface area contributed by atoms with Crippen molar-refractivity contribution in [3.05, 3.63) is 70.5 Å². The first-order chi connectivity index (χ1) is 10.5. The predicted molar refractivity (Wildman–Crippen MR) is 87.5 cm³/mol. The summed E-state index contributed by atoms with van der Waals surface area (Å²) in [5.41, 5.74) is 1.02. The molecule has 1 amide bonds. The lowest BCUT2D eigenvalue weighted by Crippen LogP contribution is -2.30. The van der Waals surface area contributed by atoms with Gasteiger partial charge < -0.3 is 5.32 Å². The second kappa shape index (κ2) is 7.41. The lowest BCUT2D eigenvalue weighted by Gasteiger charge is -2.21. The van der Waals surface area contributed by atoms with Crippen molar-refractivity contribution < 1.29 is 9.18 Å². The van der Waals surface area contributed by atoms with E-state index < -0.39 is 11.7 Å². The van der Waals surface area contributed by atoms with Crippen molar-refractivity contribution in [3.8, 4) is 0 Å². The number of hydrogen-bond donors (Lipinski definition) is 1. The van der Waals surface area contributed by atoms with Crippen molar-refractivity contribution in [2.24, 2.45) is 5.92 Å². The van der Waals surface area contributed by atoms with Crippen LogP contribution in [0.1, 0.15) is 42.2 Å². The van der Waals surface area contributed by atoms with Gasteiger partial charge in [0.15, 0.2) is 0 Å². The fraction of sp³-hybridized carbons (Fsp3) is 0.278. The molecule has 22 heavy (non-hydrogen) atoms. The molecule has 1 atom stereocenters. The van der Waals surface area contributed by atoms with Gasteiger partial charge in [0, 0.05) is 5.02 Å². The van der Waals surface area contributed by atoms with Crippen LogP contribution in [0.15, 0.2) is 48.5 Å². The summed E-state index contributed by atoms with van der Waals surface area (Å²) >= 11 is 5.72. The van der Waals surface area contributed by atoms with Gasteiger partial charge in [-0.3, -0.25) is 4.79 Å². The molecule has 4 heteroatoms. The Hall–Kier alpha value is -1.87. The smallest absolute Gasteiger partial charge is 0.254 e. The van der Waals surface area contributed by atoms with E-state index in [-0.39, 0.29) is 16.6 Å². The highest BCUT2D eigenvalue weighted by atomic mass is 35.5. The highest BCUT2D eigenvalue weighted by molar-refractivity contribution is 6.30. The Balaban J connectivity index is 2.21. The van der Waals surface area contributed by atoms with E-state index in [1.54, 1.807) is 0 Å². The molecule has 0 heterocycles. The van der Waals surface area contributed by atoms with Gasteiger partial charge in [-0.1, -0.05) is 55.8 Å². The Kier molecular flexibility index (Phi) is 5.56. The molecule has 0 spiro atoms. The van der Waals surface area contributed by atoms with Crippen LogP contribution in [0, 0.1) is 11.7 Å². The van der Waals surface area contributed by atoms with E-state index >= 15 is 0 Å². The van der Waals surface area contributed by atoms with Crippen molar-refractivity contribution in [3.63, 3.8) is 0 Å². The summed E-state index contributed by atoms with van der Waals surface area (Å²) < 4.78 is 13.9. The molecule has 2 nitrogen and oxygen atoms in total. The summed E-state index contributed by atoms with van der Waals surface area (Å²) in [6, 6.07) is 13.6. The minimum atomic E-state index is -0.610. The van der Waals surface area contributed by atoms with Crippen LogP contribution in [-0.2, 0) is 0 Å². The van der Waals surface area contributed by atoms with Crippen molar-refractivity contribution >= 4 is 17.5 Å². The molecule has 116 valence electrons. The van der Waals surface area contributed by atoms with Crippen LogP contribution in [0.4, 0.5) is 4.39 Å². The number of rotatable bonds is 5. The van der Waals surface area contributed by atoms with Crippen LogP contribution in [0.5, 0.6) is 0 Å². The molecule has 0 aliphatic carbocycles. The predicted octanol–water partition coefficient (Wildman–Crippen LogP) is 5.00. The van der Waals surface area contributed by atoms with E-state index in [0.29, 0.717) is 5.92 Å². The van der Waals surface area contributed by atoms with E-state index in [1.165, 1.54) is 12.1 Å². The molecular formula is C18H19ClFNO. The normalized spacial score (nSPS) is 12.2. The minimum absolute atomic E-state index is 0.00841. The number of halogens is 2. The first-order valence-corrected chi connectivity index (χ1v) is 7.66. The maximum atomic E-state index is 13.9. The van der Waals surface area contributed by atoms with Gasteiger partial charge in [0.25, 0.3) is 5.91 Å². The Labute approximate surface area is 135 Å². The Morgan fingerprint density at radius 1 is 1.18 bits per heavy atom. The van der Waals surface area contributed by atoms with Gasteiger partial charge in [0.05, 0.1) is 11.6 Å². The van der Waals surface area contributed by atoms with Gasteiger partial charge >= 0.3 is 0 Å². The topological polar surface area (TPSA) is 29.1 Å². The molecular weight excluding hydrogens is 301 g/mol. The Morgan fingerprint density at radius 2 is 1.86 bits per heavy atom. The molecule has 2 aromatic rings. The zero-order chi connectivity index (χ0) is 16.1. The van der Waals surface area contributed by atoms with Crippen molar-refractivity contribution in [1.29, 1.82) is 0 Å². The second-order valence-corrected chi connectivity index (χ2v) is 6.13. The van der Waals surface area contributed by atoms with Gasteiger partial charge in [-0.05, 0) is 36.1 Å². The van der Waals surface area contributed by atoms with Gasteiger partial charge in [-0.15, -0.1) is 0 Å². The summed E-state index contributed by atoms with van der Waals surface area (Å²) in [5, 5.41) is 3.19. The number of carbonyl (C=O) groups is 1. The highest BCUT2D eigenvalue weighted by Gasteiger charge is 2.19. The maximum Gasteiger partial charge on any atom is 0.254 e. The molecule has 2 rings (SSSR count). The minimum Gasteiger partial charge on any atom is -0.345 e. The van der Waals surface area contributed by atoms with E-state index in [1.807, 2.05) is 30.3 Å². The van der Waals surface area contributed by atoms with Crippen LogP contribution < -0.4 is 5.32 Å². The summed E-state index contributed by atoms with van der Waals surface area (Å²) in [6.45, 7) is 4.18. The fourth-order valence-electron chi connectivity index (χ4n) is 2.34. The quantitative estimate of drug-likeness (QED) is 0.826. The van der Waals surface area contributed by atoms with Gasteiger partial charge in [0.2, 0.25) is 0 Å². The first-order valence-electron chi connectivity index (χ1n) is 7.28. The molecule has 0 saturated carbocycles. The average Bonchev–Trinajstić information content (AvgIpc) is 2.46. The number of amides is 1. The van der Waals surface area contributed by atoms with E-state index in [0.717, 1.165) is 18.1 Å². The van der Waals surface area contributed by atoms with E-state index in [2.05, 4.69) is 19.2 Å². The molecule has 0 fully saturated rings. The molecule has 0 aliphatic rings. The van der Waals surface area contributed by atoms with Crippen LogP contribution in [-0.4, -0.2) is 5.91 Å². The zero-order valence-corrected chi connectivity index (χ0v) is 13.4. The Bertz CT molecular complexity index is 643. The van der Waals surface area contributed by atoms with Crippen LogP contribution in [0.25, 0.3) is 0 Å². The lowest BCUT2D eigenvalue weighted by atomic mass is 9.96. The van der Waals surface area contributed by atoms with E-state index in [4.69, 9.17) is 11.6 Å². The van der Waals surface area contributed by atoms with Crippen molar-refractivity contribution in [2.75, 3.05) is 0 Å². The highest BCUT2D eigenvalue weighted by Crippen LogP contribution is 2.22. The molecule has 0 saturated heterocycles. The second-order valence-electron chi connectivity index (χ2n) is 5.69. The molecule has 0 bridgehead atoms.